The third-order valence-corrected chi connectivity index (χ3v) is 5.35. The van der Waals surface area contributed by atoms with E-state index >= 15 is 0 Å². The lowest BCUT2D eigenvalue weighted by molar-refractivity contribution is -0.389. The molecule has 1 aromatic carbocycles. The molecule has 8 heteroatoms. The second-order valence-electron chi connectivity index (χ2n) is 8.02. The first kappa shape index (κ1) is 21.3. The monoisotopic (exact) mass is 409 g/mol. The molecule has 2 amide bonds. The summed E-state index contributed by atoms with van der Waals surface area (Å²) in [6.45, 7) is 12.3. The minimum atomic E-state index is -0.526. The molecule has 1 aliphatic heterocycles. The first-order chi connectivity index (χ1) is 14.2. The van der Waals surface area contributed by atoms with E-state index in [2.05, 4.69) is 27.8 Å². The van der Waals surface area contributed by atoms with E-state index in [1.165, 1.54) is 12.3 Å². The lowest BCUT2D eigenvalue weighted by Gasteiger charge is -2.37. The van der Waals surface area contributed by atoms with Crippen molar-refractivity contribution in [2.24, 2.45) is 0 Å². The van der Waals surface area contributed by atoms with Crippen LogP contribution < -0.4 is 10.2 Å². The van der Waals surface area contributed by atoms with Crippen molar-refractivity contribution in [1.29, 1.82) is 0 Å². The number of nitrogens with one attached hydrogen (secondary N) is 1. The number of carbonyl (C=O) groups is 1. The maximum Gasteiger partial charge on any atom is 0.363 e. The molecule has 1 fully saturated rings. The van der Waals surface area contributed by atoms with Crippen molar-refractivity contribution in [2.75, 3.05) is 31.1 Å². The summed E-state index contributed by atoms with van der Waals surface area (Å²) in [5, 5.41) is 13.9. The number of aromatic nitrogens is 1. The molecule has 2 aromatic rings. The summed E-state index contributed by atoms with van der Waals surface area (Å²) in [5.41, 5.74) is 3.35. The Bertz CT molecular complexity index is 948. The van der Waals surface area contributed by atoms with Gasteiger partial charge >= 0.3 is 11.8 Å². The molecule has 1 saturated heterocycles. The van der Waals surface area contributed by atoms with Gasteiger partial charge in [-0.1, -0.05) is 30.4 Å². The second kappa shape index (κ2) is 8.52. The van der Waals surface area contributed by atoms with Crippen LogP contribution in [0.1, 0.15) is 31.9 Å². The third kappa shape index (κ3) is 4.76. The molecule has 1 N–H and O–H groups in total. The molecule has 0 saturated carbocycles. The van der Waals surface area contributed by atoms with Gasteiger partial charge in [-0.25, -0.2) is 4.79 Å². The number of anilines is 1. The van der Waals surface area contributed by atoms with E-state index in [-0.39, 0.29) is 11.8 Å². The van der Waals surface area contributed by atoms with Gasteiger partial charge in [-0.15, -0.1) is 0 Å². The van der Waals surface area contributed by atoms with Crippen LogP contribution in [0.25, 0.3) is 5.57 Å². The first-order valence-electron chi connectivity index (χ1n) is 9.86. The van der Waals surface area contributed by atoms with Crippen LogP contribution in [-0.2, 0) is 5.54 Å². The number of allylic oxidation sites excluding steroid dienone is 1. The van der Waals surface area contributed by atoms with Crippen LogP contribution in [-0.4, -0.2) is 47.0 Å². The smallest absolute Gasteiger partial charge is 0.363 e. The summed E-state index contributed by atoms with van der Waals surface area (Å²) >= 11 is 0. The fraction of sp³-hybridized carbons (Fsp3) is 0.364. The number of piperazine rings is 1. The van der Waals surface area contributed by atoms with Gasteiger partial charge in [0.15, 0.2) is 6.20 Å². The molecule has 30 heavy (non-hydrogen) atoms. The molecule has 3 rings (SSSR count). The third-order valence-electron chi connectivity index (χ3n) is 5.35. The van der Waals surface area contributed by atoms with Crippen LogP contribution in [0.5, 0.6) is 0 Å². The van der Waals surface area contributed by atoms with Crippen LogP contribution in [0.15, 0.2) is 49.2 Å². The predicted octanol–water partition coefficient (Wildman–Crippen LogP) is 3.79. The van der Waals surface area contributed by atoms with Crippen molar-refractivity contribution >= 4 is 23.1 Å². The molecule has 0 spiro atoms. The van der Waals surface area contributed by atoms with Crippen molar-refractivity contribution in [2.45, 2.75) is 26.3 Å². The van der Waals surface area contributed by atoms with E-state index in [4.69, 9.17) is 0 Å². The van der Waals surface area contributed by atoms with Gasteiger partial charge in [0.05, 0.1) is 11.2 Å². The van der Waals surface area contributed by atoms with E-state index in [0.29, 0.717) is 26.2 Å². The number of hydrogen-bond acceptors (Lipinski definition) is 5. The van der Waals surface area contributed by atoms with Gasteiger partial charge in [-0.2, -0.15) is 0 Å². The van der Waals surface area contributed by atoms with Gasteiger partial charge in [0, 0.05) is 32.2 Å². The van der Waals surface area contributed by atoms with Gasteiger partial charge < -0.3 is 25.2 Å². The number of pyridine rings is 1. The molecule has 1 aromatic heterocycles. The lowest BCUT2D eigenvalue weighted by Crippen LogP contribution is -2.55. The number of nitro groups is 1. The van der Waals surface area contributed by atoms with Crippen LogP contribution in [0.2, 0.25) is 0 Å². The molecule has 0 bridgehead atoms. The minimum Gasteiger partial charge on any atom is -0.365 e. The average molecular weight is 409 g/mol. The zero-order chi connectivity index (χ0) is 21.9. The highest BCUT2D eigenvalue weighted by Gasteiger charge is 2.28. The number of rotatable bonds is 5. The summed E-state index contributed by atoms with van der Waals surface area (Å²) in [7, 11) is 0. The summed E-state index contributed by atoms with van der Waals surface area (Å²) < 4.78 is 0. The summed E-state index contributed by atoms with van der Waals surface area (Å²) in [4.78, 5) is 30.8. The standard InChI is InChI=1S/C22H27N5O3/c1-16(2)17-6-5-7-18(14-17)22(3,4)24-21(28)26-12-10-25(11-13-26)19-8-9-20(23-15-19)27(29)30/h5-9,14-15H,1,10-13H2,2-4H3,(H,24,28). The van der Waals surface area contributed by atoms with Crippen molar-refractivity contribution in [3.63, 3.8) is 0 Å². The fourth-order valence-corrected chi connectivity index (χ4v) is 3.43. The minimum absolute atomic E-state index is 0.109. The second-order valence-corrected chi connectivity index (χ2v) is 8.02. The molecular weight excluding hydrogens is 382 g/mol. The Morgan fingerprint density at radius 1 is 1.20 bits per heavy atom. The molecule has 8 nitrogen and oxygen atoms in total. The number of hydrogen-bond donors (Lipinski definition) is 1. The number of amides is 2. The van der Waals surface area contributed by atoms with Crippen molar-refractivity contribution in [3.05, 3.63) is 70.4 Å². The largest absolute Gasteiger partial charge is 0.365 e. The highest BCUT2D eigenvalue weighted by atomic mass is 16.6. The van der Waals surface area contributed by atoms with E-state index in [0.717, 1.165) is 22.4 Å². The van der Waals surface area contributed by atoms with Gasteiger partial charge in [0.25, 0.3) is 0 Å². The molecule has 0 atom stereocenters. The fourth-order valence-electron chi connectivity index (χ4n) is 3.43. The van der Waals surface area contributed by atoms with Gasteiger partial charge in [-0.05, 0) is 53.9 Å². The molecule has 0 radical (unpaired) electrons. The molecule has 0 aliphatic carbocycles. The number of benzene rings is 1. The van der Waals surface area contributed by atoms with E-state index in [1.54, 1.807) is 11.0 Å². The summed E-state index contributed by atoms with van der Waals surface area (Å²) in [5.74, 6) is -0.172. The number of nitrogens with zero attached hydrogens (tertiary/aromatic N) is 4. The molecule has 158 valence electrons. The molecule has 0 unspecified atom stereocenters. The maximum atomic E-state index is 12.9. The van der Waals surface area contributed by atoms with Crippen LogP contribution in [0.3, 0.4) is 0 Å². The van der Waals surface area contributed by atoms with E-state index < -0.39 is 10.5 Å². The van der Waals surface area contributed by atoms with Crippen molar-refractivity contribution in [3.8, 4) is 0 Å². The zero-order valence-corrected chi connectivity index (χ0v) is 17.6. The molecular formula is C22H27N5O3. The first-order valence-corrected chi connectivity index (χ1v) is 9.86. The Morgan fingerprint density at radius 2 is 1.90 bits per heavy atom. The highest BCUT2D eigenvalue weighted by molar-refractivity contribution is 5.76. The Morgan fingerprint density at radius 3 is 2.47 bits per heavy atom. The topological polar surface area (TPSA) is 91.6 Å². The average Bonchev–Trinajstić information content (AvgIpc) is 2.73. The molecule has 1 aliphatic rings. The number of urea groups is 1. The normalized spacial score (nSPS) is 14.4. The predicted molar refractivity (Wildman–Crippen MR) is 117 cm³/mol. The highest BCUT2D eigenvalue weighted by Crippen LogP contribution is 2.24. The Balaban J connectivity index is 1.60. The zero-order valence-electron chi connectivity index (χ0n) is 17.6. The Hall–Kier alpha value is -3.42. The summed E-state index contributed by atoms with van der Waals surface area (Å²) in [6.07, 6.45) is 1.51. The lowest BCUT2D eigenvalue weighted by atomic mass is 9.92. The number of carbonyl (C=O) groups excluding carboxylic acids is 1. The maximum absolute atomic E-state index is 12.9. The van der Waals surface area contributed by atoms with Crippen LogP contribution in [0.4, 0.5) is 16.3 Å². The Kier molecular flexibility index (Phi) is 6.05. The van der Waals surface area contributed by atoms with Crippen molar-refractivity contribution < 1.29 is 9.72 Å². The van der Waals surface area contributed by atoms with Gasteiger partial charge in [0.1, 0.15) is 0 Å². The van der Waals surface area contributed by atoms with E-state index in [9.17, 15) is 14.9 Å². The molecule has 2 heterocycles. The van der Waals surface area contributed by atoms with Crippen LogP contribution in [0, 0.1) is 10.1 Å². The quantitative estimate of drug-likeness (QED) is 0.599. The van der Waals surface area contributed by atoms with E-state index in [1.807, 2.05) is 39.0 Å². The SMILES string of the molecule is C=C(C)c1cccc(C(C)(C)NC(=O)N2CCN(c3ccc([N+](=O)[O-])nc3)CC2)c1. The van der Waals surface area contributed by atoms with Crippen molar-refractivity contribution in [1.82, 2.24) is 15.2 Å². The van der Waals surface area contributed by atoms with Gasteiger partial charge in [0.2, 0.25) is 0 Å². The van der Waals surface area contributed by atoms with Gasteiger partial charge in [-0.3, -0.25) is 0 Å². The summed E-state index contributed by atoms with van der Waals surface area (Å²) in [6, 6.07) is 11.0. The van der Waals surface area contributed by atoms with Crippen LogP contribution >= 0.6 is 0 Å². The Labute approximate surface area is 176 Å².